The third-order valence-electron chi connectivity index (χ3n) is 1.84. The van der Waals surface area contributed by atoms with E-state index in [1.54, 1.807) is 11.9 Å². The summed E-state index contributed by atoms with van der Waals surface area (Å²) in [4.78, 5) is 12.7. The Morgan fingerprint density at radius 2 is 2.55 bits per heavy atom. The van der Waals surface area contributed by atoms with Crippen molar-refractivity contribution in [3.63, 3.8) is 0 Å². The Morgan fingerprint density at radius 3 is 3.00 bits per heavy atom. The highest BCUT2D eigenvalue weighted by atomic mass is 16.1. The van der Waals surface area contributed by atoms with Gasteiger partial charge in [-0.2, -0.15) is 0 Å². The van der Waals surface area contributed by atoms with Gasteiger partial charge in [0.15, 0.2) is 0 Å². The molecule has 0 spiro atoms. The highest BCUT2D eigenvalue weighted by Crippen LogP contribution is 2.08. The van der Waals surface area contributed by atoms with Crippen molar-refractivity contribution < 1.29 is 4.79 Å². The molecular formula is C7H13N3O. The lowest BCUT2D eigenvalue weighted by Crippen LogP contribution is -2.35. The van der Waals surface area contributed by atoms with Crippen LogP contribution in [0.5, 0.6) is 0 Å². The van der Waals surface area contributed by atoms with Crippen molar-refractivity contribution in [2.45, 2.75) is 12.8 Å². The molecule has 1 amide bonds. The first-order chi connectivity index (χ1) is 5.24. The molecule has 4 nitrogen and oxygen atoms in total. The summed E-state index contributed by atoms with van der Waals surface area (Å²) in [6, 6.07) is 0. The molecule has 4 heteroatoms. The number of rotatable bonds is 2. The lowest BCUT2D eigenvalue weighted by atomic mass is 10.4. The lowest BCUT2D eigenvalue weighted by molar-refractivity contribution is -0.120. The molecule has 0 saturated carbocycles. The van der Waals surface area contributed by atoms with Crippen molar-refractivity contribution in [3.8, 4) is 0 Å². The van der Waals surface area contributed by atoms with Gasteiger partial charge in [-0.05, 0) is 6.42 Å². The molecule has 0 bridgehead atoms. The van der Waals surface area contributed by atoms with Gasteiger partial charge < -0.3 is 10.2 Å². The second-order valence-corrected chi connectivity index (χ2v) is 2.64. The number of amidine groups is 1. The van der Waals surface area contributed by atoms with Crippen LogP contribution in [0, 0.1) is 5.41 Å². The van der Waals surface area contributed by atoms with E-state index in [1.165, 1.54) is 0 Å². The normalized spacial score (nSPS) is 17.2. The van der Waals surface area contributed by atoms with Crippen LogP contribution >= 0.6 is 0 Å². The number of carbonyl (C=O) groups excluding carboxylic acids is 1. The molecule has 0 aliphatic carbocycles. The van der Waals surface area contributed by atoms with Crippen molar-refractivity contribution in [1.82, 2.24) is 10.2 Å². The maximum atomic E-state index is 10.9. The largest absolute Gasteiger partial charge is 0.358 e. The van der Waals surface area contributed by atoms with Gasteiger partial charge in [-0.3, -0.25) is 10.2 Å². The molecule has 2 N–H and O–H groups in total. The van der Waals surface area contributed by atoms with Crippen molar-refractivity contribution >= 4 is 11.7 Å². The summed E-state index contributed by atoms with van der Waals surface area (Å²) < 4.78 is 0. The summed E-state index contributed by atoms with van der Waals surface area (Å²) in [6.45, 7) is 1.20. The molecular weight excluding hydrogens is 142 g/mol. The number of amides is 1. The Bertz CT molecular complexity index is 179. The van der Waals surface area contributed by atoms with E-state index in [0.29, 0.717) is 12.4 Å². The molecule has 0 aromatic carbocycles. The molecule has 0 aromatic rings. The lowest BCUT2D eigenvalue weighted by Gasteiger charge is -2.15. The van der Waals surface area contributed by atoms with E-state index in [1.807, 2.05) is 0 Å². The molecule has 0 atom stereocenters. The average molecular weight is 155 g/mol. The van der Waals surface area contributed by atoms with Gasteiger partial charge in [0.25, 0.3) is 0 Å². The second-order valence-electron chi connectivity index (χ2n) is 2.64. The molecule has 1 aliphatic heterocycles. The fourth-order valence-corrected chi connectivity index (χ4v) is 1.16. The van der Waals surface area contributed by atoms with Crippen LogP contribution < -0.4 is 5.32 Å². The van der Waals surface area contributed by atoms with Crippen LogP contribution in [-0.2, 0) is 4.79 Å². The molecule has 0 radical (unpaired) electrons. The summed E-state index contributed by atoms with van der Waals surface area (Å²) in [7, 11) is 1.61. The van der Waals surface area contributed by atoms with Gasteiger partial charge in [-0.15, -0.1) is 0 Å². The monoisotopic (exact) mass is 155 g/mol. The molecule has 1 heterocycles. The highest BCUT2D eigenvalue weighted by Gasteiger charge is 2.18. The zero-order chi connectivity index (χ0) is 8.27. The highest BCUT2D eigenvalue weighted by molar-refractivity contribution is 5.87. The van der Waals surface area contributed by atoms with E-state index in [4.69, 9.17) is 5.41 Å². The minimum absolute atomic E-state index is 0.0170. The molecule has 0 unspecified atom stereocenters. The minimum atomic E-state index is -0.0170. The molecule has 1 saturated heterocycles. The van der Waals surface area contributed by atoms with Crippen LogP contribution in [-0.4, -0.2) is 36.8 Å². The number of likely N-dealkylation sites (tertiary alicyclic amines) is 1. The number of hydrogen-bond acceptors (Lipinski definition) is 2. The smallest absolute Gasteiger partial charge is 0.239 e. The third-order valence-corrected chi connectivity index (χ3v) is 1.84. The first-order valence-electron chi connectivity index (χ1n) is 3.77. The maximum Gasteiger partial charge on any atom is 0.239 e. The van der Waals surface area contributed by atoms with Gasteiger partial charge in [-0.25, -0.2) is 0 Å². The zero-order valence-corrected chi connectivity index (χ0v) is 6.68. The SMILES string of the molecule is CNC(=O)CN1CCCC1=N. The third kappa shape index (κ3) is 1.93. The van der Waals surface area contributed by atoms with Gasteiger partial charge >= 0.3 is 0 Å². The van der Waals surface area contributed by atoms with Crippen molar-refractivity contribution in [2.75, 3.05) is 20.1 Å². The van der Waals surface area contributed by atoms with E-state index < -0.39 is 0 Å². The van der Waals surface area contributed by atoms with E-state index in [-0.39, 0.29) is 5.91 Å². The van der Waals surface area contributed by atoms with Gasteiger partial charge in [0.1, 0.15) is 0 Å². The minimum Gasteiger partial charge on any atom is -0.358 e. The molecule has 11 heavy (non-hydrogen) atoms. The Balaban J connectivity index is 2.36. The molecule has 1 rings (SSSR count). The van der Waals surface area contributed by atoms with Crippen LogP contribution in [0.3, 0.4) is 0 Å². The number of likely N-dealkylation sites (N-methyl/N-ethyl adjacent to an activating group) is 1. The fourth-order valence-electron chi connectivity index (χ4n) is 1.16. The fraction of sp³-hybridized carbons (Fsp3) is 0.714. The molecule has 1 aliphatic rings. The van der Waals surface area contributed by atoms with Gasteiger partial charge in [-0.1, -0.05) is 0 Å². The second kappa shape index (κ2) is 3.37. The number of carbonyl (C=O) groups is 1. The number of nitrogens with zero attached hydrogens (tertiary/aromatic N) is 1. The first-order valence-corrected chi connectivity index (χ1v) is 3.77. The molecule has 1 fully saturated rings. The van der Waals surface area contributed by atoms with Crippen molar-refractivity contribution in [2.24, 2.45) is 0 Å². The van der Waals surface area contributed by atoms with E-state index >= 15 is 0 Å². The van der Waals surface area contributed by atoms with Crippen molar-refractivity contribution in [1.29, 1.82) is 5.41 Å². The predicted molar refractivity (Wildman–Crippen MR) is 42.6 cm³/mol. The first kappa shape index (κ1) is 8.04. The summed E-state index contributed by atoms with van der Waals surface area (Å²) >= 11 is 0. The molecule has 62 valence electrons. The van der Waals surface area contributed by atoms with E-state index in [0.717, 1.165) is 19.4 Å². The summed E-state index contributed by atoms with van der Waals surface area (Å²) in [5.74, 6) is 0.574. The van der Waals surface area contributed by atoms with Crippen LogP contribution in [0.2, 0.25) is 0 Å². The predicted octanol–water partition coefficient (Wildman–Crippen LogP) is -0.195. The van der Waals surface area contributed by atoms with Crippen LogP contribution in [0.4, 0.5) is 0 Å². The summed E-state index contributed by atoms with van der Waals surface area (Å²) in [6.07, 6.45) is 1.83. The average Bonchev–Trinajstić information content (AvgIpc) is 2.37. The summed E-state index contributed by atoms with van der Waals surface area (Å²) in [5, 5.41) is 9.96. The summed E-state index contributed by atoms with van der Waals surface area (Å²) in [5.41, 5.74) is 0. The van der Waals surface area contributed by atoms with Gasteiger partial charge in [0.2, 0.25) is 5.91 Å². The Labute approximate surface area is 66.1 Å². The number of nitrogens with one attached hydrogen (secondary N) is 2. The quantitative estimate of drug-likeness (QED) is 0.580. The Morgan fingerprint density at radius 1 is 1.82 bits per heavy atom. The van der Waals surface area contributed by atoms with Gasteiger partial charge in [0.05, 0.1) is 12.4 Å². The maximum absolute atomic E-state index is 10.9. The van der Waals surface area contributed by atoms with Gasteiger partial charge in [0, 0.05) is 20.0 Å². The topological polar surface area (TPSA) is 56.2 Å². The van der Waals surface area contributed by atoms with E-state index in [9.17, 15) is 4.79 Å². The zero-order valence-electron chi connectivity index (χ0n) is 6.68. The van der Waals surface area contributed by atoms with Crippen molar-refractivity contribution in [3.05, 3.63) is 0 Å². The number of hydrogen-bond donors (Lipinski definition) is 2. The van der Waals surface area contributed by atoms with Crippen LogP contribution in [0.1, 0.15) is 12.8 Å². The van der Waals surface area contributed by atoms with Crippen LogP contribution in [0.25, 0.3) is 0 Å². The standard InChI is InChI=1S/C7H13N3O/c1-9-7(11)5-10-4-2-3-6(10)8/h8H,2-5H2,1H3,(H,9,11). The molecule has 0 aromatic heterocycles. The Kier molecular flexibility index (Phi) is 2.46. The van der Waals surface area contributed by atoms with Crippen LogP contribution in [0.15, 0.2) is 0 Å². The van der Waals surface area contributed by atoms with E-state index in [2.05, 4.69) is 5.32 Å². The Hall–Kier alpha value is -1.06.